The van der Waals surface area contributed by atoms with Crippen LogP contribution in [0.3, 0.4) is 0 Å². The minimum Gasteiger partial charge on any atom is -0.496 e. The smallest absolute Gasteiger partial charge is 0.261 e. The van der Waals surface area contributed by atoms with Crippen LogP contribution in [0.5, 0.6) is 5.75 Å². The number of nitrogens with zero attached hydrogens (tertiary/aromatic N) is 2. The van der Waals surface area contributed by atoms with Gasteiger partial charge in [-0.15, -0.1) is 0 Å². The van der Waals surface area contributed by atoms with Gasteiger partial charge in [0, 0.05) is 37.5 Å². The summed E-state index contributed by atoms with van der Waals surface area (Å²) >= 11 is 0. The second-order valence-corrected chi connectivity index (χ2v) is 16.1. The van der Waals surface area contributed by atoms with Crippen LogP contribution in [0.25, 0.3) is 0 Å². The lowest BCUT2D eigenvalue weighted by Gasteiger charge is -2.40. The molecule has 59 heavy (non-hydrogen) atoms. The van der Waals surface area contributed by atoms with E-state index in [9.17, 15) is 18.8 Å². The number of aryl methyl sites for hydroxylation is 2. The van der Waals surface area contributed by atoms with E-state index in [4.69, 9.17) is 4.74 Å². The van der Waals surface area contributed by atoms with Crippen LogP contribution in [-0.2, 0) is 23.1 Å². The Labute approximate surface area is 348 Å². The number of rotatable bonds is 19. The molecule has 0 saturated carbocycles. The summed E-state index contributed by atoms with van der Waals surface area (Å²) in [6.07, 6.45) is 8.02. The van der Waals surface area contributed by atoms with Crippen molar-refractivity contribution in [3.05, 3.63) is 172 Å². The van der Waals surface area contributed by atoms with Crippen LogP contribution >= 0.6 is 0 Å². The third-order valence-electron chi connectivity index (χ3n) is 12.5. The molecule has 1 atom stereocenters. The summed E-state index contributed by atoms with van der Waals surface area (Å²) in [5.41, 5.74) is 8.07. The maximum absolute atomic E-state index is 13.4. The van der Waals surface area contributed by atoms with E-state index in [0.717, 1.165) is 81.3 Å². The van der Waals surface area contributed by atoms with Crippen molar-refractivity contribution in [3.63, 3.8) is 0 Å². The van der Waals surface area contributed by atoms with Crippen molar-refractivity contribution in [2.75, 3.05) is 33.3 Å². The second-order valence-electron chi connectivity index (χ2n) is 16.1. The topological polar surface area (TPSA) is 79.0 Å². The fourth-order valence-corrected chi connectivity index (χ4v) is 9.36. The molecule has 2 aliphatic heterocycles. The first-order valence-electron chi connectivity index (χ1n) is 21.3. The summed E-state index contributed by atoms with van der Waals surface area (Å²) in [6.45, 7) is 4.97. The lowest BCUT2D eigenvalue weighted by Crippen LogP contribution is -2.38. The Kier molecular flexibility index (Phi) is 13.7. The Bertz CT molecular complexity index is 2130. The lowest BCUT2D eigenvalue weighted by molar-refractivity contribution is -0.121. The zero-order chi connectivity index (χ0) is 41.2. The van der Waals surface area contributed by atoms with Crippen LogP contribution in [0.4, 0.5) is 4.39 Å². The number of fused-ring (bicyclic) bond motifs is 2. The van der Waals surface area contributed by atoms with Gasteiger partial charge in [0.1, 0.15) is 11.6 Å². The molecule has 0 bridgehead atoms. The first-order valence-corrected chi connectivity index (χ1v) is 21.3. The molecule has 1 unspecified atom stereocenters. The van der Waals surface area contributed by atoms with Crippen molar-refractivity contribution >= 4 is 17.7 Å². The van der Waals surface area contributed by atoms with Crippen LogP contribution in [0.15, 0.2) is 121 Å². The third-order valence-corrected chi connectivity index (χ3v) is 12.5. The molecule has 7 nitrogen and oxygen atoms in total. The maximum atomic E-state index is 13.4. The van der Waals surface area contributed by atoms with Gasteiger partial charge in [-0.05, 0) is 135 Å². The molecule has 8 heteroatoms. The highest BCUT2D eigenvalue weighted by atomic mass is 19.1. The van der Waals surface area contributed by atoms with Gasteiger partial charge in [0.05, 0.1) is 18.2 Å². The number of hydrogen-bond donors (Lipinski definition) is 1. The number of methoxy groups -OCH3 is 1. The van der Waals surface area contributed by atoms with Crippen molar-refractivity contribution in [1.82, 2.24) is 15.1 Å². The van der Waals surface area contributed by atoms with Gasteiger partial charge < -0.3 is 10.1 Å². The number of benzene rings is 5. The van der Waals surface area contributed by atoms with Crippen LogP contribution in [0, 0.1) is 12.7 Å². The Morgan fingerprint density at radius 1 is 0.780 bits per heavy atom. The minimum absolute atomic E-state index is 0.00585. The molecule has 1 N–H and O–H groups in total. The molecule has 5 aromatic rings. The van der Waals surface area contributed by atoms with Gasteiger partial charge in [-0.25, -0.2) is 4.39 Å². The quantitative estimate of drug-likeness (QED) is 0.0666. The number of nitrogens with one attached hydrogen (secondary N) is 1. The Balaban J connectivity index is 1.04. The number of carbonyl (C=O) groups excluding carboxylic acids is 3. The lowest BCUT2D eigenvalue weighted by atomic mass is 9.68. The Hall–Kier alpha value is -5.60. The average Bonchev–Trinajstić information content (AvgIpc) is 3.51. The fraction of sp³-hybridized carbons (Fsp3) is 0.353. The van der Waals surface area contributed by atoms with Crippen molar-refractivity contribution in [3.8, 4) is 5.75 Å². The predicted molar refractivity (Wildman–Crippen MR) is 231 cm³/mol. The predicted octanol–water partition coefficient (Wildman–Crippen LogP) is 9.80. The summed E-state index contributed by atoms with van der Waals surface area (Å²) in [6, 6.07) is 39.8. The molecule has 2 heterocycles. The first kappa shape index (κ1) is 41.6. The van der Waals surface area contributed by atoms with Crippen LogP contribution in [-0.4, -0.2) is 60.8 Å². The van der Waals surface area contributed by atoms with E-state index in [2.05, 4.69) is 89.9 Å². The van der Waals surface area contributed by atoms with Gasteiger partial charge in [-0.1, -0.05) is 91.0 Å². The fourth-order valence-electron chi connectivity index (χ4n) is 9.36. The summed E-state index contributed by atoms with van der Waals surface area (Å²) < 4.78 is 19.2. The van der Waals surface area contributed by atoms with E-state index in [-0.39, 0.29) is 35.0 Å². The standard InChI is InChI=1S/C51H56FN3O4/c1-37-35-39-28-34-54(46(45(39)36-47(37)59-2)21-11-12-33-55-49(57)43-19-9-10-20-44(43)50(55)58)32-14-30-51(40-15-5-3-6-16-40,41-17-7-4-8-18-41)29-13-31-53-48(56)27-24-38-22-25-42(52)26-23-38/h3-10,15-20,22-23,25-26,35-36,46H,11-14,21,24,27-34H2,1-2H3,(H,53,56). The first-order chi connectivity index (χ1) is 28.8. The summed E-state index contributed by atoms with van der Waals surface area (Å²) in [5, 5.41) is 3.16. The third kappa shape index (κ3) is 9.66. The van der Waals surface area contributed by atoms with E-state index in [1.165, 1.54) is 39.3 Å². The summed E-state index contributed by atoms with van der Waals surface area (Å²) in [7, 11) is 1.73. The van der Waals surface area contributed by atoms with Gasteiger partial charge in [-0.2, -0.15) is 0 Å². The van der Waals surface area contributed by atoms with Gasteiger partial charge in [0.2, 0.25) is 5.91 Å². The SMILES string of the molecule is COc1cc2c(cc1C)CCN(CCCC(CCCNC(=O)CCc1ccc(F)cc1)(c1ccccc1)c1ccccc1)C2CCCCN1C(=O)c2ccccc2C1=O. The van der Waals surface area contributed by atoms with Gasteiger partial charge in [0.25, 0.3) is 11.8 Å². The van der Waals surface area contributed by atoms with Gasteiger partial charge >= 0.3 is 0 Å². The number of imide groups is 1. The maximum Gasteiger partial charge on any atom is 0.261 e. The van der Waals surface area contributed by atoms with Crippen LogP contribution in [0.1, 0.15) is 112 Å². The molecule has 306 valence electrons. The van der Waals surface area contributed by atoms with E-state index >= 15 is 0 Å². The zero-order valence-corrected chi connectivity index (χ0v) is 34.4. The number of carbonyl (C=O) groups is 3. The number of amides is 3. The molecule has 5 aromatic carbocycles. The Morgan fingerprint density at radius 3 is 2.05 bits per heavy atom. The molecule has 0 saturated heterocycles. The van der Waals surface area contributed by atoms with E-state index < -0.39 is 0 Å². The molecular formula is C51H56FN3O4. The molecule has 0 aromatic heterocycles. The van der Waals surface area contributed by atoms with Crippen LogP contribution in [0.2, 0.25) is 0 Å². The van der Waals surface area contributed by atoms with Gasteiger partial charge in [-0.3, -0.25) is 24.2 Å². The van der Waals surface area contributed by atoms with E-state index in [1.807, 2.05) is 12.1 Å². The van der Waals surface area contributed by atoms with Crippen molar-refractivity contribution in [1.29, 1.82) is 0 Å². The minimum atomic E-state index is -0.273. The number of halogens is 1. The van der Waals surface area contributed by atoms with Crippen molar-refractivity contribution in [2.45, 2.75) is 82.6 Å². The van der Waals surface area contributed by atoms with E-state index in [0.29, 0.717) is 37.1 Å². The monoisotopic (exact) mass is 793 g/mol. The number of ether oxygens (including phenoxy) is 1. The van der Waals surface area contributed by atoms with Gasteiger partial charge in [0.15, 0.2) is 0 Å². The zero-order valence-electron chi connectivity index (χ0n) is 34.4. The highest BCUT2D eigenvalue weighted by molar-refractivity contribution is 6.21. The molecule has 0 aliphatic carbocycles. The normalized spacial score (nSPS) is 15.2. The van der Waals surface area contributed by atoms with Crippen LogP contribution < -0.4 is 10.1 Å². The second kappa shape index (κ2) is 19.4. The molecular weight excluding hydrogens is 738 g/mol. The Morgan fingerprint density at radius 2 is 1.41 bits per heavy atom. The average molecular weight is 794 g/mol. The molecule has 0 spiro atoms. The molecule has 2 aliphatic rings. The molecule has 3 amide bonds. The number of hydrogen-bond acceptors (Lipinski definition) is 5. The van der Waals surface area contributed by atoms with Crippen molar-refractivity contribution in [2.24, 2.45) is 0 Å². The van der Waals surface area contributed by atoms with E-state index in [1.54, 1.807) is 31.4 Å². The molecule has 7 rings (SSSR count). The largest absolute Gasteiger partial charge is 0.496 e. The molecule has 0 radical (unpaired) electrons. The highest BCUT2D eigenvalue weighted by Crippen LogP contribution is 2.42. The molecule has 0 fully saturated rings. The van der Waals surface area contributed by atoms with Crippen molar-refractivity contribution < 1.29 is 23.5 Å². The summed E-state index contributed by atoms with van der Waals surface area (Å²) in [5.74, 6) is 0.243. The summed E-state index contributed by atoms with van der Waals surface area (Å²) in [4.78, 5) is 43.1. The number of unbranched alkanes of at least 4 members (excludes halogenated alkanes) is 1. The highest BCUT2D eigenvalue weighted by Gasteiger charge is 2.36.